The average molecular weight is 190 g/mol. The number of rotatable bonds is 5. The van der Waals surface area contributed by atoms with Crippen molar-refractivity contribution in [2.45, 2.75) is 32.6 Å². The van der Waals surface area contributed by atoms with Crippen LogP contribution < -0.4 is 5.32 Å². The van der Waals surface area contributed by atoms with E-state index in [9.17, 15) is 0 Å². The molecule has 1 nitrogen and oxygen atoms in total. The Labute approximate surface area is 80.9 Å². The molecule has 0 spiro atoms. The molecule has 0 bridgehead atoms. The van der Waals surface area contributed by atoms with Crippen molar-refractivity contribution in [3.05, 3.63) is 0 Å². The summed E-state index contributed by atoms with van der Waals surface area (Å²) in [5, 5.41) is 3.48. The topological polar surface area (TPSA) is 12.0 Å². The Hall–Kier alpha value is 0.250. The van der Waals surface area contributed by atoms with Gasteiger partial charge in [-0.15, -0.1) is 11.6 Å². The van der Waals surface area contributed by atoms with Crippen LogP contribution in [-0.4, -0.2) is 19.0 Å². The van der Waals surface area contributed by atoms with Gasteiger partial charge in [0.05, 0.1) is 0 Å². The Bertz CT molecular complexity index is 116. The van der Waals surface area contributed by atoms with Crippen molar-refractivity contribution >= 4 is 11.6 Å². The maximum absolute atomic E-state index is 5.89. The van der Waals surface area contributed by atoms with Crippen molar-refractivity contribution in [3.63, 3.8) is 0 Å². The van der Waals surface area contributed by atoms with Crippen LogP contribution in [0.25, 0.3) is 0 Å². The summed E-state index contributed by atoms with van der Waals surface area (Å²) in [6, 6.07) is 0. The fraction of sp³-hybridized carbons (Fsp3) is 1.00. The van der Waals surface area contributed by atoms with E-state index in [-0.39, 0.29) is 0 Å². The first-order chi connectivity index (χ1) is 5.88. The molecule has 0 aromatic rings. The van der Waals surface area contributed by atoms with E-state index in [0.29, 0.717) is 0 Å². The third-order valence-electron chi connectivity index (χ3n) is 2.85. The molecule has 1 aliphatic carbocycles. The van der Waals surface area contributed by atoms with Gasteiger partial charge in [-0.1, -0.05) is 13.3 Å². The SMILES string of the molecule is CCCNCC1CCCC1CCl. The van der Waals surface area contributed by atoms with Crippen molar-refractivity contribution in [1.82, 2.24) is 5.32 Å². The van der Waals surface area contributed by atoms with E-state index in [4.69, 9.17) is 11.6 Å². The van der Waals surface area contributed by atoms with Gasteiger partial charge in [-0.3, -0.25) is 0 Å². The normalized spacial score (nSPS) is 29.5. The largest absolute Gasteiger partial charge is 0.316 e. The van der Waals surface area contributed by atoms with Gasteiger partial charge >= 0.3 is 0 Å². The Morgan fingerprint density at radius 3 is 2.75 bits per heavy atom. The van der Waals surface area contributed by atoms with Crippen LogP contribution in [0.2, 0.25) is 0 Å². The van der Waals surface area contributed by atoms with E-state index in [0.717, 1.165) is 24.3 Å². The molecule has 0 aromatic carbocycles. The minimum absolute atomic E-state index is 0.788. The molecule has 0 saturated heterocycles. The molecule has 2 heteroatoms. The van der Waals surface area contributed by atoms with Gasteiger partial charge in [0.2, 0.25) is 0 Å². The van der Waals surface area contributed by atoms with Gasteiger partial charge in [-0.2, -0.15) is 0 Å². The molecular weight excluding hydrogens is 170 g/mol. The zero-order chi connectivity index (χ0) is 8.81. The predicted octanol–water partition coefficient (Wildman–Crippen LogP) is 2.64. The fourth-order valence-electron chi connectivity index (χ4n) is 2.05. The number of hydrogen-bond donors (Lipinski definition) is 1. The monoisotopic (exact) mass is 189 g/mol. The molecule has 1 rings (SSSR count). The lowest BCUT2D eigenvalue weighted by Crippen LogP contribution is -2.26. The minimum atomic E-state index is 0.788. The Morgan fingerprint density at radius 1 is 1.33 bits per heavy atom. The summed E-state index contributed by atoms with van der Waals surface area (Å²) in [6.07, 6.45) is 5.35. The summed E-state index contributed by atoms with van der Waals surface area (Å²) in [7, 11) is 0. The predicted molar refractivity (Wildman–Crippen MR) is 54.7 cm³/mol. The quantitative estimate of drug-likeness (QED) is 0.518. The zero-order valence-electron chi connectivity index (χ0n) is 7.98. The number of hydrogen-bond acceptors (Lipinski definition) is 1. The van der Waals surface area contributed by atoms with Crippen LogP contribution in [0.5, 0.6) is 0 Å². The maximum atomic E-state index is 5.89. The van der Waals surface area contributed by atoms with E-state index in [1.807, 2.05) is 0 Å². The molecule has 0 aromatic heterocycles. The highest BCUT2D eigenvalue weighted by atomic mass is 35.5. The summed E-state index contributed by atoms with van der Waals surface area (Å²) in [6.45, 7) is 4.55. The number of nitrogens with one attached hydrogen (secondary N) is 1. The lowest BCUT2D eigenvalue weighted by Gasteiger charge is -2.17. The first kappa shape index (κ1) is 10.3. The summed E-state index contributed by atoms with van der Waals surface area (Å²) >= 11 is 5.89. The highest BCUT2D eigenvalue weighted by Gasteiger charge is 2.25. The van der Waals surface area contributed by atoms with Gasteiger partial charge in [0.15, 0.2) is 0 Å². The lowest BCUT2D eigenvalue weighted by atomic mass is 9.98. The zero-order valence-corrected chi connectivity index (χ0v) is 8.74. The van der Waals surface area contributed by atoms with Crippen LogP contribution in [0.1, 0.15) is 32.6 Å². The van der Waals surface area contributed by atoms with E-state index < -0.39 is 0 Å². The highest BCUT2D eigenvalue weighted by molar-refractivity contribution is 6.18. The van der Waals surface area contributed by atoms with Crippen LogP contribution in [0, 0.1) is 11.8 Å². The van der Waals surface area contributed by atoms with Crippen LogP contribution >= 0.6 is 11.6 Å². The Morgan fingerprint density at radius 2 is 2.08 bits per heavy atom. The molecule has 1 N–H and O–H groups in total. The van der Waals surface area contributed by atoms with Gasteiger partial charge in [0.1, 0.15) is 0 Å². The van der Waals surface area contributed by atoms with Crippen LogP contribution in [0.4, 0.5) is 0 Å². The molecule has 0 radical (unpaired) electrons. The summed E-state index contributed by atoms with van der Waals surface area (Å²) < 4.78 is 0. The molecule has 1 saturated carbocycles. The molecule has 2 atom stereocenters. The minimum Gasteiger partial charge on any atom is -0.316 e. The third kappa shape index (κ3) is 2.95. The van der Waals surface area contributed by atoms with Crippen molar-refractivity contribution in [3.8, 4) is 0 Å². The molecule has 2 unspecified atom stereocenters. The van der Waals surface area contributed by atoms with Crippen LogP contribution in [0.3, 0.4) is 0 Å². The summed E-state index contributed by atoms with van der Waals surface area (Å²) in [5.41, 5.74) is 0. The standard InChI is InChI=1S/C10H20ClN/c1-2-6-12-8-10-5-3-4-9(10)7-11/h9-10,12H,2-8H2,1H3. The van der Waals surface area contributed by atoms with E-state index in [1.54, 1.807) is 0 Å². The van der Waals surface area contributed by atoms with Gasteiger partial charge in [0, 0.05) is 5.88 Å². The van der Waals surface area contributed by atoms with E-state index in [1.165, 1.54) is 32.2 Å². The van der Waals surface area contributed by atoms with Gasteiger partial charge in [-0.25, -0.2) is 0 Å². The molecule has 1 fully saturated rings. The Balaban J connectivity index is 2.12. The van der Waals surface area contributed by atoms with Crippen molar-refractivity contribution in [2.24, 2.45) is 11.8 Å². The first-order valence-electron chi connectivity index (χ1n) is 5.15. The summed E-state index contributed by atoms with van der Waals surface area (Å²) in [4.78, 5) is 0. The maximum Gasteiger partial charge on any atom is 0.0254 e. The lowest BCUT2D eigenvalue weighted by molar-refractivity contribution is 0.396. The smallest absolute Gasteiger partial charge is 0.0254 e. The molecule has 0 heterocycles. The van der Waals surface area contributed by atoms with E-state index >= 15 is 0 Å². The third-order valence-corrected chi connectivity index (χ3v) is 3.24. The average Bonchev–Trinajstić information content (AvgIpc) is 2.52. The molecule has 1 aliphatic rings. The van der Waals surface area contributed by atoms with Crippen molar-refractivity contribution in [1.29, 1.82) is 0 Å². The first-order valence-corrected chi connectivity index (χ1v) is 5.68. The van der Waals surface area contributed by atoms with Gasteiger partial charge in [-0.05, 0) is 44.2 Å². The molecule has 0 amide bonds. The highest BCUT2D eigenvalue weighted by Crippen LogP contribution is 2.31. The molecule has 72 valence electrons. The molecular formula is C10H20ClN. The molecule has 0 aliphatic heterocycles. The van der Waals surface area contributed by atoms with Crippen LogP contribution in [-0.2, 0) is 0 Å². The van der Waals surface area contributed by atoms with Crippen molar-refractivity contribution < 1.29 is 0 Å². The van der Waals surface area contributed by atoms with E-state index in [2.05, 4.69) is 12.2 Å². The Kier molecular flexibility index (Phi) is 5.01. The fourth-order valence-corrected chi connectivity index (χ4v) is 2.46. The second-order valence-electron chi connectivity index (χ2n) is 3.81. The van der Waals surface area contributed by atoms with Crippen LogP contribution in [0.15, 0.2) is 0 Å². The number of halogens is 1. The van der Waals surface area contributed by atoms with Crippen molar-refractivity contribution in [2.75, 3.05) is 19.0 Å². The van der Waals surface area contributed by atoms with Gasteiger partial charge in [0.25, 0.3) is 0 Å². The molecule has 12 heavy (non-hydrogen) atoms. The van der Waals surface area contributed by atoms with Gasteiger partial charge < -0.3 is 5.32 Å². The second-order valence-corrected chi connectivity index (χ2v) is 4.12. The summed E-state index contributed by atoms with van der Waals surface area (Å²) in [5.74, 6) is 2.50. The second kappa shape index (κ2) is 5.82. The number of alkyl halides is 1.